The molecule has 2 amide bonds. The lowest BCUT2D eigenvalue weighted by molar-refractivity contribution is -0.143. The number of hydrogen-bond acceptors (Lipinski definition) is 4. The number of carboxylic acids is 1. The van der Waals surface area contributed by atoms with Crippen LogP contribution in [0.15, 0.2) is 11.6 Å². The molecule has 0 aliphatic rings. The molecule has 1 rings (SSSR count). The Labute approximate surface area is 96.7 Å². The first-order valence-corrected chi connectivity index (χ1v) is 5.58. The molecule has 1 aromatic rings. The highest BCUT2D eigenvalue weighted by Gasteiger charge is 2.32. The van der Waals surface area contributed by atoms with E-state index in [-0.39, 0.29) is 0 Å². The number of thiazole rings is 1. The van der Waals surface area contributed by atoms with Gasteiger partial charge in [0, 0.05) is 11.6 Å². The number of carbonyl (C=O) groups excluding carboxylic acids is 1. The van der Waals surface area contributed by atoms with Crippen molar-refractivity contribution in [2.45, 2.75) is 25.8 Å². The van der Waals surface area contributed by atoms with Crippen molar-refractivity contribution in [1.82, 2.24) is 10.3 Å². The van der Waals surface area contributed by atoms with Crippen LogP contribution in [0.4, 0.5) is 9.93 Å². The van der Waals surface area contributed by atoms with Gasteiger partial charge in [0.1, 0.15) is 5.54 Å². The molecule has 0 radical (unpaired) electrons. The van der Waals surface area contributed by atoms with Gasteiger partial charge in [-0.1, -0.05) is 6.92 Å². The summed E-state index contributed by atoms with van der Waals surface area (Å²) in [5, 5.41) is 16.0. The molecule has 0 saturated carbocycles. The minimum absolute atomic E-state index is 0.299. The van der Waals surface area contributed by atoms with E-state index in [1.807, 2.05) is 0 Å². The number of anilines is 1. The molecule has 0 bridgehead atoms. The Kier molecular flexibility index (Phi) is 3.83. The van der Waals surface area contributed by atoms with Crippen LogP contribution in [-0.2, 0) is 4.79 Å². The van der Waals surface area contributed by atoms with Gasteiger partial charge in [0.15, 0.2) is 5.13 Å². The first-order chi connectivity index (χ1) is 7.48. The van der Waals surface area contributed by atoms with E-state index in [1.165, 1.54) is 18.3 Å². The molecule has 1 atom stereocenters. The van der Waals surface area contributed by atoms with Gasteiger partial charge in [-0.25, -0.2) is 14.6 Å². The maximum atomic E-state index is 11.5. The van der Waals surface area contributed by atoms with Crippen LogP contribution in [0.25, 0.3) is 0 Å². The number of carboxylic acid groups (broad SMARTS) is 1. The zero-order valence-corrected chi connectivity index (χ0v) is 9.80. The lowest BCUT2D eigenvalue weighted by atomic mass is 10.00. The molecule has 7 heteroatoms. The van der Waals surface area contributed by atoms with Gasteiger partial charge in [0.25, 0.3) is 0 Å². The molecular formula is C9H13N3O3S. The number of aromatic nitrogens is 1. The number of urea groups is 1. The minimum atomic E-state index is -1.26. The van der Waals surface area contributed by atoms with Crippen molar-refractivity contribution in [3.8, 4) is 0 Å². The molecule has 16 heavy (non-hydrogen) atoms. The summed E-state index contributed by atoms with van der Waals surface area (Å²) < 4.78 is 0. The van der Waals surface area contributed by atoms with Gasteiger partial charge in [0.05, 0.1) is 0 Å². The van der Waals surface area contributed by atoms with Crippen molar-refractivity contribution < 1.29 is 14.7 Å². The number of nitrogens with zero attached hydrogens (tertiary/aromatic N) is 1. The highest BCUT2D eigenvalue weighted by Crippen LogP contribution is 2.12. The standard InChI is InChI=1S/C9H13N3O3S/c1-3-9(2,6(13)14)12-7(15)11-8-10-4-5-16-8/h4-5H,3H2,1-2H3,(H,13,14)(H2,10,11,12,15). The van der Waals surface area contributed by atoms with Gasteiger partial charge in [0.2, 0.25) is 0 Å². The van der Waals surface area contributed by atoms with Gasteiger partial charge in [-0.15, -0.1) is 11.3 Å². The SMILES string of the molecule is CCC(C)(NC(=O)Nc1nccs1)C(=O)O. The van der Waals surface area contributed by atoms with E-state index in [4.69, 9.17) is 5.11 Å². The Morgan fingerprint density at radius 2 is 2.31 bits per heavy atom. The van der Waals surface area contributed by atoms with Crippen LogP contribution in [0.5, 0.6) is 0 Å². The summed E-state index contributed by atoms with van der Waals surface area (Å²) >= 11 is 1.26. The van der Waals surface area contributed by atoms with Crippen molar-refractivity contribution in [1.29, 1.82) is 0 Å². The summed E-state index contributed by atoms with van der Waals surface area (Å²) in [6.07, 6.45) is 1.85. The Bertz CT molecular complexity index is 379. The van der Waals surface area contributed by atoms with E-state index < -0.39 is 17.5 Å². The van der Waals surface area contributed by atoms with Crippen LogP contribution in [0.1, 0.15) is 20.3 Å². The predicted molar refractivity (Wildman–Crippen MR) is 60.6 cm³/mol. The highest BCUT2D eigenvalue weighted by atomic mass is 32.1. The zero-order chi connectivity index (χ0) is 12.2. The quantitative estimate of drug-likeness (QED) is 0.747. The van der Waals surface area contributed by atoms with E-state index in [9.17, 15) is 9.59 Å². The smallest absolute Gasteiger partial charge is 0.329 e. The minimum Gasteiger partial charge on any atom is -0.480 e. The number of amides is 2. The molecule has 1 aromatic heterocycles. The lowest BCUT2D eigenvalue weighted by Gasteiger charge is -2.24. The van der Waals surface area contributed by atoms with Crippen LogP contribution in [0.3, 0.4) is 0 Å². The molecule has 1 heterocycles. The first-order valence-electron chi connectivity index (χ1n) is 4.70. The predicted octanol–water partition coefficient (Wildman–Crippen LogP) is 1.52. The molecule has 0 aliphatic carbocycles. The fraction of sp³-hybridized carbons (Fsp3) is 0.444. The number of carbonyl (C=O) groups is 2. The number of aliphatic carboxylic acids is 1. The summed E-state index contributed by atoms with van der Waals surface area (Å²) in [7, 11) is 0. The molecular weight excluding hydrogens is 230 g/mol. The summed E-state index contributed by atoms with van der Waals surface area (Å²) in [6.45, 7) is 3.15. The molecule has 0 aliphatic heterocycles. The van der Waals surface area contributed by atoms with Crippen LogP contribution in [0, 0.1) is 0 Å². The molecule has 0 saturated heterocycles. The number of hydrogen-bond donors (Lipinski definition) is 3. The van der Waals surface area contributed by atoms with Crippen molar-refractivity contribution in [3.05, 3.63) is 11.6 Å². The van der Waals surface area contributed by atoms with E-state index in [0.29, 0.717) is 11.6 Å². The average Bonchev–Trinajstić information content (AvgIpc) is 2.69. The molecule has 6 nitrogen and oxygen atoms in total. The van der Waals surface area contributed by atoms with E-state index in [1.54, 1.807) is 18.5 Å². The second kappa shape index (κ2) is 4.93. The Morgan fingerprint density at radius 1 is 1.62 bits per heavy atom. The van der Waals surface area contributed by atoms with Gasteiger partial charge in [-0.2, -0.15) is 0 Å². The van der Waals surface area contributed by atoms with E-state index >= 15 is 0 Å². The Hall–Kier alpha value is -1.63. The Morgan fingerprint density at radius 3 is 2.75 bits per heavy atom. The number of rotatable bonds is 4. The van der Waals surface area contributed by atoms with E-state index in [0.717, 1.165) is 0 Å². The second-order valence-corrected chi connectivity index (χ2v) is 4.30. The number of nitrogens with one attached hydrogen (secondary N) is 2. The van der Waals surface area contributed by atoms with Gasteiger partial charge < -0.3 is 10.4 Å². The molecule has 88 valence electrons. The van der Waals surface area contributed by atoms with Crippen LogP contribution in [-0.4, -0.2) is 27.6 Å². The van der Waals surface area contributed by atoms with Crippen molar-refractivity contribution >= 4 is 28.5 Å². The second-order valence-electron chi connectivity index (χ2n) is 3.41. The fourth-order valence-electron chi connectivity index (χ4n) is 0.957. The lowest BCUT2D eigenvalue weighted by Crippen LogP contribution is -2.53. The molecule has 3 N–H and O–H groups in total. The summed E-state index contributed by atoms with van der Waals surface area (Å²) in [5.74, 6) is -1.07. The zero-order valence-electron chi connectivity index (χ0n) is 8.98. The molecule has 0 spiro atoms. The monoisotopic (exact) mass is 243 g/mol. The third-order valence-electron chi connectivity index (χ3n) is 2.22. The molecule has 0 fully saturated rings. The van der Waals surface area contributed by atoms with Crippen molar-refractivity contribution in [2.24, 2.45) is 0 Å². The molecule has 1 unspecified atom stereocenters. The van der Waals surface area contributed by atoms with Gasteiger partial charge in [-0.05, 0) is 13.3 Å². The highest BCUT2D eigenvalue weighted by molar-refractivity contribution is 7.13. The maximum Gasteiger partial charge on any atom is 0.329 e. The van der Waals surface area contributed by atoms with E-state index in [2.05, 4.69) is 15.6 Å². The fourth-order valence-corrected chi connectivity index (χ4v) is 1.48. The maximum absolute atomic E-state index is 11.5. The van der Waals surface area contributed by atoms with Crippen LogP contribution >= 0.6 is 11.3 Å². The summed E-state index contributed by atoms with van der Waals surface area (Å²) in [5.41, 5.74) is -1.26. The average molecular weight is 243 g/mol. The van der Waals surface area contributed by atoms with Gasteiger partial charge in [-0.3, -0.25) is 5.32 Å². The molecule has 0 aromatic carbocycles. The first kappa shape index (κ1) is 12.4. The largest absolute Gasteiger partial charge is 0.480 e. The van der Waals surface area contributed by atoms with Crippen molar-refractivity contribution in [2.75, 3.05) is 5.32 Å². The summed E-state index contributed by atoms with van der Waals surface area (Å²) in [4.78, 5) is 26.3. The van der Waals surface area contributed by atoms with Crippen molar-refractivity contribution in [3.63, 3.8) is 0 Å². The van der Waals surface area contributed by atoms with Crippen LogP contribution in [0.2, 0.25) is 0 Å². The Balaban J connectivity index is 2.60. The normalized spacial score (nSPS) is 13.9. The third-order valence-corrected chi connectivity index (χ3v) is 2.91. The third kappa shape index (κ3) is 2.93. The summed E-state index contributed by atoms with van der Waals surface area (Å²) in [6, 6.07) is -0.568. The van der Waals surface area contributed by atoms with Gasteiger partial charge >= 0.3 is 12.0 Å². The van der Waals surface area contributed by atoms with Crippen LogP contribution < -0.4 is 10.6 Å². The topological polar surface area (TPSA) is 91.3 Å².